The Morgan fingerprint density at radius 2 is 2.11 bits per heavy atom. The van der Waals surface area contributed by atoms with Crippen molar-refractivity contribution in [3.8, 4) is 6.07 Å². The van der Waals surface area contributed by atoms with Crippen LogP contribution in [0, 0.1) is 18.3 Å². The fraction of sp³-hybridized carbons (Fsp3) is 0.286. The van der Waals surface area contributed by atoms with E-state index in [1.807, 2.05) is 32.9 Å². The summed E-state index contributed by atoms with van der Waals surface area (Å²) in [6, 6.07) is 7.75. The van der Waals surface area contributed by atoms with Crippen molar-refractivity contribution in [1.29, 1.82) is 5.26 Å². The van der Waals surface area contributed by atoms with E-state index in [1.165, 1.54) is 4.57 Å². The smallest absolute Gasteiger partial charge is 0.416 e. The molecule has 0 spiro atoms. The van der Waals surface area contributed by atoms with Gasteiger partial charge in [0, 0.05) is 11.6 Å². The molecule has 0 aliphatic carbocycles. The lowest BCUT2D eigenvalue weighted by Gasteiger charge is -2.15. The normalized spacial score (nSPS) is 11.4. The summed E-state index contributed by atoms with van der Waals surface area (Å²) in [5, 5.41) is 19.2. The number of nitriles is 1. The summed E-state index contributed by atoms with van der Waals surface area (Å²) in [5.41, 5.74) is 1.73. The van der Waals surface area contributed by atoms with Gasteiger partial charge in [0.15, 0.2) is 0 Å². The lowest BCUT2D eigenvalue weighted by molar-refractivity contribution is 0.197. The van der Waals surface area contributed by atoms with E-state index >= 15 is 0 Å². The monoisotopic (exact) mass is 242 g/mol. The fourth-order valence-corrected chi connectivity index (χ4v) is 2.01. The van der Waals surface area contributed by atoms with Crippen molar-refractivity contribution >= 4 is 17.0 Å². The molecule has 4 nitrogen and oxygen atoms in total. The Hall–Kier alpha value is -2.28. The summed E-state index contributed by atoms with van der Waals surface area (Å²) in [7, 11) is 0. The predicted octanol–water partition coefficient (Wildman–Crippen LogP) is 3.28. The molecule has 18 heavy (non-hydrogen) atoms. The molecule has 0 bridgehead atoms. The maximum absolute atomic E-state index is 11.2. The molecular weight excluding hydrogens is 228 g/mol. The first-order chi connectivity index (χ1) is 8.36. The first kappa shape index (κ1) is 12.2. The summed E-state index contributed by atoms with van der Waals surface area (Å²) in [4.78, 5) is 11.2. The highest BCUT2D eigenvalue weighted by atomic mass is 16.4. The largest absolute Gasteiger partial charge is 0.464 e. The zero-order valence-electron chi connectivity index (χ0n) is 10.6. The highest BCUT2D eigenvalue weighted by Crippen LogP contribution is 2.28. The number of aryl methyl sites for hydroxylation is 1. The highest BCUT2D eigenvalue weighted by molar-refractivity contribution is 5.91. The number of nitrogens with zero attached hydrogens (tertiary/aromatic N) is 2. The minimum Gasteiger partial charge on any atom is -0.464 e. The minimum atomic E-state index is -1.01. The van der Waals surface area contributed by atoms with Gasteiger partial charge in [-0.25, -0.2) is 4.79 Å². The molecule has 2 rings (SSSR count). The summed E-state index contributed by atoms with van der Waals surface area (Å²) >= 11 is 0. The molecule has 0 fully saturated rings. The van der Waals surface area contributed by atoms with Gasteiger partial charge in [-0.1, -0.05) is 12.1 Å². The van der Waals surface area contributed by atoms with Crippen molar-refractivity contribution in [2.24, 2.45) is 0 Å². The van der Waals surface area contributed by atoms with Crippen molar-refractivity contribution in [3.05, 3.63) is 35.5 Å². The molecule has 1 heterocycles. The Bertz CT molecular complexity index is 675. The SMILES string of the molecule is Cc1cn(C(=O)O)c2cc(C(C)(C)C#N)ccc12. The predicted molar refractivity (Wildman–Crippen MR) is 68.7 cm³/mol. The van der Waals surface area contributed by atoms with E-state index in [1.54, 1.807) is 12.3 Å². The van der Waals surface area contributed by atoms with E-state index in [4.69, 9.17) is 10.4 Å². The van der Waals surface area contributed by atoms with Crippen LogP contribution in [0.15, 0.2) is 24.4 Å². The molecule has 0 aliphatic heterocycles. The molecule has 0 saturated carbocycles. The third kappa shape index (κ3) is 1.74. The molecule has 0 radical (unpaired) electrons. The zero-order chi connectivity index (χ0) is 13.5. The van der Waals surface area contributed by atoms with Crippen molar-refractivity contribution in [1.82, 2.24) is 4.57 Å². The van der Waals surface area contributed by atoms with Crippen LogP contribution in [0.1, 0.15) is 25.0 Å². The van der Waals surface area contributed by atoms with E-state index in [-0.39, 0.29) is 0 Å². The van der Waals surface area contributed by atoms with E-state index < -0.39 is 11.5 Å². The summed E-state index contributed by atoms with van der Waals surface area (Å²) in [6.45, 7) is 5.50. The molecule has 4 heteroatoms. The van der Waals surface area contributed by atoms with Gasteiger partial charge in [0.1, 0.15) is 0 Å². The van der Waals surface area contributed by atoms with Gasteiger partial charge in [0.2, 0.25) is 0 Å². The third-order valence-corrected chi connectivity index (χ3v) is 3.21. The average Bonchev–Trinajstić information content (AvgIpc) is 2.66. The Morgan fingerprint density at radius 3 is 2.67 bits per heavy atom. The van der Waals surface area contributed by atoms with Crippen LogP contribution in [-0.2, 0) is 5.41 Å². The summed E-state index contributed by atoms with van der Waals surface area (Å²) in [6.07, 6.45) is 0.580. The average molecular weight is 242 g/mol. The lowest BCUT2D eigenvalue weighted by atomic mass is 9.86. The Labute approximate surface area is 105 Å². The topological polar surface area (TPSA) is 66.0 Å². The van der Waals surface area contributed by atoms with Gasteiger partial charge in [0.25, 0.3) is 0 Å². The van der Waals surface area contributed by atoms with Crippen LogP contribution >= 0.6 is 0 Å². The van der Waals surface area contributed by atoms with E-state index in [0.717, 1.165) is 16.5 Å². The molecule has 0 saturated heterocycles. The second kappa shape index (κ2) is 3.88. The number of benzene rings is 1. The molecule has 0 aliphatic rings. The molecule has 1 aromatic heterocycles. The van der Waals surface area contributed by atoms with Crippen molar-refractivity contribution < 1.29 is 9.90 Å². The third-order valence-electron chi connectivity index (χ3n) is 3.21. The summed E-state index contributed by atoms with van der Waals surface area (Å²) < 4.78 is 1.20. The highest BCUT2D eigenvalue weighted by Gasteiger charge is 2.21. The molecule has 0 unspecified atom stereocenters. The van der Waals surface area contributed by atoms with Gasteiger partial charge in [-0.15, -0.1) is 0 Å². The number of carboxylic acid groups (broad SMARTS) is 1. The van der Waals surface area contributed by atoms with Crippen LogP contribution in [-0.4, -0.2) is 15.8 Å². The fourth-order valence-electron chi connectivity index (χ4n) is 2.01. The van der Waals surface area contributed by atoms with E-state index in [0.29, 0.717) is 5.52 Å². The maximum atomic E-state index is 11.2. The number of hydrogen-bond donors (Lipinski definition) is 1. The standard InChI is InChI=1S/C14H14N2O2/c1-9-7-16(13(17)18)12-6-10(4-5-11(9)12)14(2,3)8-15/h4-7H,1-3H3,(H,17,18). The van der Waals surface area contributed by atoms with E-state index in [2.05, 4.69) is 6.07 Å². The molecular formula is C14H14N2O2. The molecule has 2 aromatic rings. The van der Waals surface area contributed by atoms with Crippen LogP contribution in [0.4, 0.5) is 4.79 Å². The minimum absolute atomic E-state index is 0.626. The number of carbonyl (C=O) groups is 1. The maximum Gasteiger partial charge on any atom is 0.416 e. The molecule has 0 amide bonds. The van der Waals surface area contributed by atoms with Crippen molar-refractivity contribution in [3.63, 3.8) is 0 Å². The molecule has 0 atom stereocenters. The van der Waals surface area contributed by atoms with Gasteiger partial charge in [-0.3, -0.25) is 4.57 Å². The lowest BCUT2D eigenvalue weighted by Crippen LogP contribution is -2.14. The first-order valence-corrected chi connectivity index (χ1v) is 5.63. The van der Waals surface area contributed by atoms with Gasteiger partial charge >= 0.3 is 6.09 Å². The molecule has 1 N–H and O–H groups in total. The number of aromatic nitrogens is 1. The van der Waals surface area contributed by atoms with Crippen LogP contribution in [0.2, 0.25) is 0 Å². The van der Waals surface area contributed by atoms with Crippen LogP contribution in [0.25, 0.3) is 10.9 Å². The van der Waals surface area contributed by atoms with Gasteiger partial charge in [-0.2, -0.15) is 5.26 Å². The Morgan fingerprint density at radius 1 is 1.44 bits per heavy atom. The van der Waals surface area contributed by atoms with Gasteiger partial charge in [-0.05, 0) is 38.0 Å². The Balaban J connectivity index is 2.75. The second-order valence-corrected chi connectivity index (χ2v) is 4.93. The number of hydrogen-bond acceptors (Lipinski definition) is 2. The number of fused-ring (bicyclic) bond motifs is 1. The second-order valence-electron chi connectivity index (χ2n) is 4.93. The zero-order valence-corrected chi connectivity index (χ0v) is 10.6. The summed E-state index contributed by atoms with van der Waals surface area (Å²) in [5.74, 6) is 0. The quantitative estimate of drug-likeness (QED) is 0.834. The van der Waals surface area contributed by atoms with E-state index in [9.17, 15) is 4.79 Å². The van der Waals surface area contributed by atoms with Crippen LogP contribution in [0.5, 0.6) is 0 Å². The first-order valence-electron chi connectivity index (χ1n) is 5.63. The van der Waals surface area contributed by atoms with Crippen molar-refractivity contribution in [2.75, 3.05) is 0 Å². The van der Waals surface area contributed by atoms with Gasteiger partial charge < -0.3 is 5.11 Å². The number of rotatable bonds is 1. The van der Waals surface area contributed by atoms with Crippen LogP contribution in [0.3, 0.4) is 0 Å². The molecule has 92 valence electrons. The van der Waals surface area contributed by atoms with Crippen LogP contribution < -0.4 is 0 Å². The van der Waals surface area contributed by atoms with Gasteiger partial charge in [0.05, 0.1) is 17.0 Å². The molecule has 1 aromatic carbocycles. The Kier molecular flexibility index (Phi) is 2.63. The van der Waals surface area contributed by atoms with Crippen molar-refractivity contribution in [2.45, 2.75) is 26.2 Å².